The number of nitrogens with one attached hydrogen (secondary N) is 2. The Labute approximate surface area is 122 Å². The number of fused-ring (bicyclic) bond motifs is 1. The van der Waals surface area contributed by atoms with Crippen molar-refractivity contribution in [1.29, 1.82) is 0 Å². The second-order valence-electron chi connectivity index (χ2n) is 5.28. The predicted octanol–water partition coefficient (Wildman–Crippen LogP) is 1.50. The number of halogens is 1. The van der Waals surface area contributed by atoms with Gasteiger partial charge in [-0.2, -0.15) is 0 Å². The summed E-state index contributed by atoms with van der Waals surface area (Å²) in [5.74, 6) is -0.173. The first-order valence-electron chi connectivity index (χ1n) is 7.13. The minimum Gasteiger partial charge on any atom is -0.352 e. The summed E-state index contributed by atoms with van der Waals surface area (Å²) in [6.45, 7) is 2.64. The lowest BCUT2D eigenvalue weighted by Crippen LogP contribution is -2.27. The Bertz CT molecular complexity index is 655. The van der Waals surface area contributed by atoms with E-state index in [0.29, 0.717) is 23.5 Å². The van der Waals surface area contributed by atoms with E-state index >= 15 is 0 Å². The summed E-state index contributed by atoms with van der Waals surface area (Å²) in [6.07, 6.45) is 5.06. The molecule has 1 atom stereocenters. The molecular weight excluding hydrogens is 271 g/mol. The number of carbonyl (C=O) groups is 1. The standard InChI is InChI=1S/C15H17FN4O/c16-11-7-12(14-13(8-11)18-5-6-19-14)15(21)20-4-2-10-1-3-17-9-10/h5-8,10,17H,1-4,9H2,(H,20,21). The van der Waals surface area contributed by atoms with Crippen LogP contribution in [-0.2, 0) is 0 Å². The topological polar surface area (TPSA) is 66.9 Å². The molecule has 0 saturated carbocycles. The van der Waals surface area contributed by atoms with Crippen molar-refractivity contribution < 1.29 is 9.18 Å². The summed E-state index contributed by atoms with van der Waals surface area (Å²) in [4.78, 5) is 20.4. The molecule has 1 aliphatic rings. The molecule has 1 aromatic heterocycles. The van der Waals surface area contributed by atoms with E-state index in [9.17, 15) is 9.18 Å². The van der Waals surface area contributed by atoms with Crippen LogP contribution >= 0.6 is 0 Å². The molecule has 1 aliphatic heterocycles. The highest BCUT2D eigenvalue weighted by molar-refractivity contribution is 6.04. The van der Waals surface area contributed by atoms with Gasteiger partial charge in [-0.15, -0.1) is 0 Å². The van der Waals surface area contributed by atoms with E-state index in [1.165, 1.54) is 24.5 Å². The fourth-order valence-corrected chi connectivity index (χ4v) is 2.66. The fourth-order valence-electron chi connectivity index (χ4n) is 2.66. The third-order valence-corrected chi connectivity index (χ3v) is 3.78. The zero-order valence-corrected chi connectivity index (χ0v) is 11.6. The van der Waals surface area contributed by atoms with Gasteiger partial charge in [0, 0.05) is 25.0 Å². The van der Waals surface area contributed by atoms with Gasteiger partial charge in [0.2, 0.25) is 0 Å². The number of hydrogen-bond donors (Lipinski definition) is 2. The molecule has 0 radical (unpaired) electrons. The predicted molar refractivity (Wildman–Crippen MR) is 77.4 cm³/mol. The molecule has 1 fully saturated rings. The molecule has 1 aromatic carbocycles. The summed E-state index contributed by atoms with van der Waals surface area (Å²) in [7, 11) is 0. The van der Waals surface area contributed by atoms with Crippen LogP contribution in [0.2, 0.25) is 0 Å². The molecule has 2 heterocycles. The van der Waals surface area contributed by atoms with Gasteiger partial charge in [-0.25, -0.2) is 4.39 Å². The van der Waals surface area contributed by atoms with Gasteiger partial charge in [0.25, 0.3) is 5.91 Å². The van der Waals surface area contributed by atoms with Crippen LogP contribution < -0.4 is 10.6 Å². The molecule has 5 nitrogen and oxygen atoms in total. The van der Waals surface area contributed by atoms with E-state index in [2.05, 4.69) is 20.6 Å². The third kappa shape index (κ3) is 3.16. The SMILES string of the molecule is O=C(NCCC1CCNC1)c1cc(F)cc2nccnc12. The van der Waals surface area contributed by atoms with Crippen LogP contribution in [-0.4, -0.2) is 35.5 Å². The Hall–Kier alpha value is -2.08. The summed E-state index contributed by atoms with van der Waals surface area (Å²) in [5, 5.41) is 6.14. The zero-order valence-electron chi connectivity index (χ0n) is 11.6. The lowest BCUT2D eigenvalue weighted by atomic mass is 10.1. The van der Waals surface area contributed by atoms with Crippen molar-refractivity contribution in [2.45, 2.75) is 12.8 Å². The molecule has 110 valence electrons. The van der Waals surface area contributed by atoms with Crippen LogP contribution in [0.25, 0.3) is 11.0 Å². The lowest BCUT2D eigenvalue weighted by Gasteiger charge is -2.10. The molecule has 3 rings (SSSR count). The minimum atomic E-state index is -0.479. The maximum Gasteiger partial charge on any atom is 0.253 e. The molecule has 0 aliphatic carbocycles. The van der Waals surface area contributed by atoms with E-state index in [4.69, 9.17) is 0 Å². The van der Waals surface area contributed by atoms with E-state index in [0.717, 1.165) is 25.9 Å². The van der Waals surface area contributed by atoms with Crippen LogP contribution in [0.3, 0.4) is 0 Å². The monoisotopic (exact) mass is 288 g/mol. The molecule has 2 aromatic rings. The Morgan fingerprint density at radius 3 is 3.05 bits per heavy atom. The van der Waals surface area contributed by atoms with E-state index in [-0.39, 0.29) is 11.5 Å². The van der Waals surface area contributed by atoms with Gasteiger partial charge < -0.3 is 10.6 Å². The van der Waals surface area contributed by atoms with Crippen molar-refractivity contribution in [3.05, 3.63) is 35.9 Å². The number of aromatic nitrogens is 2. The second kappa shape index (κ2) is 6.13. The third-order valence-electron chi connectivity index (χ3n) is 3.78. The highest BCUT2D eigenvalue weighted by Gasteiger charge is 2.16. The molecule has 21 heavy (non-hydrogen) atoms. The normalized spacial score (nSPS) is 18.0. The first-order valence-corrected chi connectivity index (χ1v) is 7.13. The quantitative estimate of drug-likeness (QED) is 0.894. The van der Waals surface area contributed by atoms with Gasteiger partial charge in [0.05, 0.1) is 11.1 Å². The van der Waals surface area contributed by atoms with Gasteiger partial charge in [0.15, 0.2) is 0 Å². The van der Waals surface area contributed by atoms with Crippen LogP contribution in [0.1, 0.15) is 23.2 Å². The Kier molecular flexibility index (Phi) is 4.06. The number of rotatable bonds is 4. The molecule has 1 unspecified atom stereocenters. The van der Waals surface area contributed by atoms with Crippen LogP contribution in [0, 0.1) is 11.7 Å². The van der Waals surface area contributed by atoms with Gasteiger partial charge in [0.1, 0.15) is 11.3 Å². The van der Waals surface area contributed by atoms with E-state index in [1.54, 1.807) is 0 Å². The minimum absolute atomic E-state index is 0.239. The Morgan fingerprint density at radius 1 is 1.38 bits per heavy atom. The molecule has 0 bridgehead atoms. The summed E-state index contributed by atoms with van der Waals surface area (Å²) in [6, 6.07) is 2.49. The number of benzene rings is 1. The number of nitrogens with zero attached hydrogens (tertiary/aromatic N) is 2. The highest BCUT2D eigenvalue weighted by atomic mass is 19.1. The van der Waals surface area contributed by atoms with E-state index in [1.807, 2.05) is 0 Å². The van der Waals surface area contributed by atoms with Gasteiger partial charge in [-0.05, 0) is 37.9 Å². The van der Waals surface area contributed by atoms with Crippen LogP contribution in [0.15, 0.2) is 24.5 Å². The van der Waals surface area contributed by atoms with Crippen molar-refractivity contribution in [2.24, 2.45) is 5.92 Å². The van der Waals surface area contributed by atoms with Crippen molar-refractivity contribution in [3.63, 3.8) is 0 Å². The lowest BCUT2D eigenvalue weighted by molar-refractivity contribution is 0.0952. The van der Waals surface area contributed by atoms with Crippen molar-refractivity contribution in [1.82, 2.24) is 20.6 Å². The van der Waals surface area contributed by atoms with Gasteiger partial charge >= 0.3 is 0 Å². The van der Waals surface area contributed by atoms with Crippen LogP contribution in [0.5, 0.6) is 0 Å². The van der Waals surface area contributed by atoms with Crippen molar-refractivity contribution in [2.75, 3.05) is 19.6 Å². The number of hydrogen-bond acceptors (Lipinski definition) is 4. The van der Waals surface area contributed by atoms with Gasteiger partial charge in [-0.1, -0.05) is 0 Å². The summed E-state index contributed by atoms with van der Waals surface area (Å²) in [5.41, 5.74) is 1.06. The maximum absolute atomic E-state index is 13.6. The Balaban J connectivity index is 1.71. The number of carbonyl (C=O) groups excluding carboxylic acids is 1. The molecule has 1 amide bonds. The number of amides is 1. The molecule has 6 heteroatoms. The van der Waals surface area contributed by atoms with Crippen molar-refractivity contribution >= 4 is 16.9 Å². The molecule has 2 N–H and O–H groups in total. The summed E-state index contributed by atoms with van der Waals surface area (Å²) >= 11 is 0. The average molecular weight is 288 g/mol. The smallest absolute Gasteiger partial charge is 0.253 e. The first-order chi connectivity index (χ1) is 10.2. The zero-order chi connectivity index (χ0) is 14.7. The Morgan fingerprint density at radius 2 is 2.24 bits per heavy atom. The average Bonchev–Trinajstić information content (AvgIpc) is 2.99. The molecule has 0 spiro atoms. The molecule has 1 saturated heterocycles. The first kappa shape index (κ1) is 13.9. The van der Waals surface area contributed by atoms with Crippen LogP contribution in [0.4, 0.5) is 4.39 Å². The van der Waals surface area contributed by atoms with Gasteiger partial charge in [-0.3, -0.25) is 14.8 Å². The van der Waals surface area contributed by atoms with Crippen molar-refractivity contribution in [3.8, 4) is 0 Å². The maximum atomic E-state index is 13.6. The van der Waals surface area contributed by atoms with E-state index < -0.39 is 5.82 Å². The summed E-state index contributed by atoms with van der Waals surface area (Å²) < 4.78 is 13.6. The molecular formula is C15H17FN4O. The largest absolute Gasteiger partial charge is 0.352 e. The second-order valence-corrected chi connectivity index (χ2v) is 5.28. The fraction of sp³-hybridized carbons (Fsp3) is 0.400. The highest BCUT2D eigenvalue weighted by Crippen LogP contribution is 2.17.